The highest BCUT2D eigenvalue weighted by Gasteiger charge is 2.10. The van der Waals surface area contributed by atoms with Gasteiger partial charge in [-0.15, -0.1) is 22.9 Å². The first-order valence-electron chi connectivity index (χ1n) is 3.92. The Kier molecular flexibility index (Phi) is 2.78. The zero-order valence-corrected chi connectivity index (χ0v) is 10.2. The number of hydrogen-bond donors (Lipinski definition) is 0. The van der Waals surface area contributed by atoms with Crippen molar-refractivity contribution in [2.24, 2.45) is 0 Å². The van der Waals surface area contributed by atoms with Crippen LogP contribution in [0, 0.1) is 11.3 Å². The fourth-order valence-electron chi connectivity index (χ4n) is 1.37. The van der Waals surface area contributed by atoms with Crippen molar-refractivity contribution < 1.29 is 0 Å². The van der Waals surface area contributed by atoms with Crippen molar-refractivity contribution >= 4 is 49.0 Å². The highest BCUT2D eigenvalue weighted by Crippen LogP contribution is 2.34. The fourth-order valence-corrected chi connectivity index (χ4v) is 3.56. The Morgan fingerprint density at radius 3 is 3.00 bits per heavy atom. The van der Waals surface area contributed by atoms with E-state index in [9.17, 15) is 0 Å². The summed E-state index contributed by atoms with van der Waals surface area (Å²) in [7, 11) is 0. The smallest absolute Gasteiger partial charge is 0.0998 e. The van der Waals surface area contributed by atoms with Crippen LogP contribution in [0.2, 0.25) is 0 Å². The molecule has 0 saturated carbocycles. The van der Waals surface area contributed by atoms with E-state index in [4.69, 9.17) is 16.9 Å². The molecule has 1 heterocycles. The third kappa shape index (κ3) is 1.44. The molecule has 0 aliphatic heterocycles. The topological polar surface area (TPSA) is 23.8 Å². The van der Waals surface area contributed by atoms with E-state index in [0.29, 0.717) is 11.4 Å². The molecule has 0 N–H and O–H groups in total. The Labute approximate surface area is 99.0 Å². The molecule has 2 aromatic rings. The molecule has 70 valence electrons. The van der Waals surface area contributed by atoms with E-state index < -0.39 is 0 Å². The average molecular weight is 287 g/mol. The Bertz CT molecular complexity index is 527. The zero-order chi connectivity index (χ0) is 10.1. The van der Waals surface area contributed by atoms with Crippen LogP contribution < -0.4 is 0 Å². The van der Waals surface area contributed by atoms with Crippen molar-refractivity contribution in [1.29, 1.82) is 5.26 Å². The number of nitrogens with zero attached hydrogens (tertiary/aromatic N) is 1. The molecule has 2 rings (SSSR count). The van der Waals surface area contributed by atoms with Gasteiger partial charge in [-0.3, -0.25) is 0 Å². The minimum absolute atomic E-state index is 0.462. The third-order valence-electron chi connectivity index (χ3n) is 2.04. The summed E-state index contributed by atoms with van der Waals surface area (Å²) in [6.45, 7) is 0. The maximum Gasteiger partial charge on any atom is 0.0998 e. The van der Waals surface area contributed by atoms with Crippen LogP contribution >= 0.6 is 38.9 Å². The molecule has 0 saturated heterocycles. The van der Waals surface area contributed by atoms with Crippen LogP contribution in [0.1, 0.15) is 11.1 Å². The molecule has 1 nitrogen and oxygen atoms in total. The first-order valence-corrected chi connectivity index (χ1v) is 6.13. The van der Waals surface area contributed by atoms with Crippen molar-refractivity contribution in [2.45, 2.75) is 5.88 Å². The summed E-state index contributed by atoms with van der Waals surface area (Å²) in [6.07, 6.45) is 0. The van der Waals surface area contributed by atoms with Gasteiger partial charge in [0.25, 0.3) is 0 Å². The summed E-state index contributed by atoms with van der Waals surface area (Å²) in [5.41, 5.74) is 1.76. The van der Waals surface area contributed by atoms with Crippen LogP contribution in [0.3, 0.4) is 0 Å². The van der Waals surface area contributed by atoms with Gasteiger partial charge >= 0.3 is 0 Å². The second kappa shape index (κ2) is 3.90. The summed E-state index contributed by atoms with van der Waals surface area (Å²) in [5.74, 6) is 0.462. The van der Waals surface area contributed by atoms with Crippen LogP contribution in [0.5, 0.6) is 0 Å². The quantitative estimate of drug-likeness (QED) is 0.718. The van der Waals surface area contributed by atoms with E-state index >= 15 is 0 Å². The summed E-state index contributed by atoms with van der Waals surface area (Å²) in [6, 6.07) is 5.97. The van der Waals surface area contributed by atoms with Crippen LogP contribution in [0.4, 0.5) is 0 Å². The predicted octanol–water partition coefficient (Wildman–Crippen LogP) is 4.27. The number of benzene rings is 1. The fraction of sp³-hybridized carbons (Fsp3) is 0.100. The van der Waals surface area contributed by atoms with E-state index in [1.165, 1.54) is 0 Å². The van der Waals surface area contributed by atoms with Gasteiger partial charge in [0.2, 0.25) is 0 Å². The van der Waals surface area contributed by atoms with Crippen molar-refractivity contribution in [1.82, 2.24) is 0 Å². The summed E-state index contributed by atoms with van der Waals surface area (Å²) < 4.78 is 2.02. The normalized spacial score (nSPS) is 10.4. The molecule has 0 bridgehead atoms. The predicted molar refractivity (Wildman–Crippen MR) is 63.8 cm³/mol. The van der Waals surface area contributed by atoms with Gasteiger partial charge in [0.05, 0.1) is 11.6 Å². The van der Waals surface area contributed by atoms with E-state index in [2.05, 4.69) is 22.0 Å². The molecule has 0 unspecified atom stereocenters. The van der Waals surface area contributed by atoms with E-state index in [0.717, 1.165) is 20.1 Å². The average Bonchev–Trinajstić information content (AvgIpc) is 2.65. The van der Waals surface area contributed by atoms with Crippen LogP contribution in [-0.2, 0) is 5.88 Å². The molecule has 1 aromatic carbocycles. The van der Waals surface area contributed by atoms with Crippen LogP contribution in [0.15, 0.2) is 22.0 Å². The lowest BCUT2D eigenvalue weighted by molar-refractivity contribution is 1.42. The lowest BCUT2D eigenvalue weighted by atomic mass is 10.1. The molecule has 0 aliphatic carbocycles. The van der Waals surface area contributed by atoms with E-state index in [1.54, 1.807) is 11.3 Å². The molecule has 0 radical (unpaired) electrons. The molecule has 4 heteroatoms. The second-order valence-corrected chi connectivity index (χ2v) is 4.83. The molecule has 0 spiro atoms. The lowest BCUT2D eigenvalue weighted by Gasteiger charge is -2.03. The molecule has 0 aliphatic rings. The maximum atomic E-state index is 8.94. The molecule has 0 amide bonds. The minimum atomic E-state index is 0.462. The summed E-state index contributed by atoms with van der Waals surface area (Å²) in [5, 5.41) is 11.9. The molecular weight excluding hydrogens is 282 g/mol. The van der Waals surface area contributed by atoms with Gasteiger partial charge < -0.3 is 0 Å². The Morgan fingerprint density at radius 1 is 1.57 bits per heavy atom. The minimum Gasteiger partial charge on any atom is -0.192 e. The van der Waals surface area contributed by atoms with Crippen molar-refractivity contribution in [3.63, 3.8) is 0 Å². The number of rotatable bonds is 1. The number of fused-ring (bicyclic) bond motifs is 1. The van der Waals surface area contributed by atoms with Crippen LogP contribution in [0.25, 0.3) is 10.1 Å². The number of halogens is 2. The number of thiophene rings is 1. The molecule has 0 atom stereocenters. The van der Waals surface area contributed by atoms with Gasteiger partial charge in [-0.25, -0.2) is 0 Å². The first-order chi connectivity index (χ1) is 6.77. The van der Waals surface area contributed by atoms with Gasteiger partial charge in [0, 0.05) is 20.4 Å². The van der Waals surface area contributed by atoms with Gasteiger partial charge in [-0.2, -0.15) is 5.26 Å². The largest absolute Gasteiger partial charge is 0.192 e. The standard InChI is InChI=1S/C10H5BrClNS/c11-9-3-6(5-13)7-1-2-14-10(7)8(9)4-12/h1-3H,4H2. The van der Waals surface area contributed by atoms with Gasteiger partial charge in [-0.1, -0.05) is 15.9 Å². The summed E-state index contributed by atoms with van der Waals surface area (Å²) in [4.78, 5) is 0. The highest BCUT2D eigenvalue weighted by molar-refractivity contribution is 9.10. The monoisotopic (exact) mass is 285 g/mol. The Balaban J connectivity index is 2.90. The molecule has 14 heavy (non-hydrogen) atoms. The van der Waals surface area contributed by atoms with Crippen molar-refractivity contribution in [3.8, 4) is 6.07 Å². The lowest BCUT2D eigenvalue weighted by Crippen LogP contribution is -1.84. The van der Waals surface area contributed by atoms with Gasteiger partial charge in [0.1, 0.15) is 0 Å². The number of nitriles is 1. The van der Waals surface area contributed by atoms with Gasteiger partial charge in [0.15, 0.2) is 0 Å². The number of alkyl halides is 1. The highest BCUT2D eigenvalue weighted by atomic mass is 79.9. The van der Waals surface area contributed by atoms with E-state index in [1.807, 2.05) is 17.5 Å². The first kappa shape index (κ1) is 9.97. The SMILES string of the molecule is N#Cc1cc(Br)c(CCl)c2sccc12. The Hall–Kier alpha value is -0.560. The van der Waals surface area contributed by atoms with Crippen molar-refractivity contribution in [3.05, 3.63) is 33.1 Å². The van der Waals surface area contributed by atoms with Crippen LogP contribution in [-0.4, -0.2) is 0 Å². The van der Waals surface area contributed by atoms with E-state index in [-0.39, 0.29) is 0 Å². The number of hydrogen-bond acceptors (Lipinski definition) is 2. The molecule has 1 aromatic heterocycles. The second-order valence-electron chi connectivity index (χ2n) is 2.79. The molecular formula is C10H5BrClNS. The van der Waals surface area contributed by atoms with Gasteiger partial charge in [-0.05, 0) is 23.1 Å². The van der Waals surface area contributed by atoms with Crippen molar-refractivity contribution in [2.75, 3.05) is 0 Å². The molecule has 0 fully saturated rings. The zero-order valence-electron chi connectivity index (χ0n) is 7.05. The Morgan fingerprint density at radius 2 is 2.36 bits per heavy atom. The third-order valence-corrected chi connectivity index (χ3v) is 3.99. The summed E-state index contributed by atoms with van der Waals surface area (Å²) >= 11 is 10.9. The maximum absolute atomic E-state index is 8.94.